The SMILES string of the molecule is NCCC(=O)NC1CCC(NC(=O)c2cccc3c2NC(=O)C3)CC1. The summed E-state index contributed by atoms with van der Waals surface area (Å²) in [6.07, 6.45) is 3.99. The summed E-state index contributed by atoms with van der Waals surface area (Å²) >= 11 is 0. The van der Waals surface area contributed by atoms with E-state index in [1.165, 1.54) is 0 Å². The molecule has 3 amide bonds. The van der Waals surface area contributed by atoms with Crippen LogP contribution in [0.15, 0.2) is 18.2 Å². The largest absolute Gasteiger partial charge is 0.353 e. The summed E-state index contributed by atoms with van der Waals surface area (Å²) in [6, 6.07) is 5.64. The van der Waals surface area contributed by atoms with Crippen LogP contribution in [0.1, 0.15) is 48.0 Å². The highest BCUT2D eigenvalue weighted by atomic mass is 16.2. The number of carbonyl (C=O) groups excluding carboxylic acids is 3. The number of rotatable bonds is 5. The van der Waals surface area contributed by atoms with Gasteiger partial charge in [-0.15, -0.1) is 0 Å². The van der Waals surface area contributed by atoms with Crippen LogP contribution in [0.4, 0.5) is 5.69 Å². The fourth-order valence-corrected chi connectivity index (χ4v) is 3.52. The van der Waals surface area contributed by atoms with Gasteiger partial charge >= 0.3 is 0 Å². The summed E-state index contributed by atoms with van der Waals surface area (Å²) in [4.78, 5) is 35.7. The third-order valence-electron chi connectivity index (χ3n) is 4.81. The number of amides is 3. The van der Waals surface area contributed by atoms with Gasteiger partial charge in [-0.3, -0.25) is 14.4 Å². The summed E-state index contributed by atoms with van der Waals surface area (Å²) < 4.78 is 0. The van der Waals surface area contributed by atoms with Crippen LogP contribution < -0.4 is 21.7 Å². The fourth-order valence-electron chi connectivity index (χ4n) is 3.52. The van der Waals surface area contributed by atoms with Crippen molar-refractivity contribution in [2.24, 2.45) is 5.73 Å². The second-order valence-corrected chi connectivity index (χ2v) is 6.69. The summed E-state index contributed by atoms with van der Waals surface area (Å²) in [5.41, 5.74) is 7.39. The first-order valence-corrected chi connectivity index (χ1v) is 8.79. The number of para-hydroxylation sites is 1. The predicted molar refractivity (Wildman–Crippen MR) is 94.1 cm³/mol. The molecule has 1 saturated carbocycles. The van der Waals surface area contributed by atoms with Crippen LogP contribution in [-0.4, -0.2) is 36.3 Å². The summed E-state index contributed by atoms with van der Waals surface area (Å²) in [7, 11) is 0. The normalized spacial score (nSPS) is 22.0. The number of anilines is 1. The van der Waals surface area contributed by atoms with Crippen molar-refractivity contribution in [2.45, 2.75) is 50.6 Å². The van der Waals surface area contributed by atoms with Gasteiger partial charge in [0.05, 0.1) is 17.7 Å². The molecular formula is C18H24N4O3. The van der Waals surface area contributed by atoms with Crippen molar-refractivity contribution in [1.82, 2.24) is 10.6 Å². The summed E-state index contributed by atoms with van der Waals surface area (Å²) in [5, 5.41) is 8.81. The second-order valence-electron chi connectivity index (χ2n) is 6.69. The van der Waals surface area contributed by atoms with Gasteiger partial charge in [-0.05, 0) is 37.3 Å². The van der Waals surface area contributed by atoms with Crippen molar-refractivity contribution < 1.29 is 14.4 Å². The van der Waals surface area contributed by atoms with Gasteiger partial charge in [-0.25, -0.2) is 0 Å². The van der Waals surface area contributed by atoms with Gasteiger partial charge in [-0.1, -0.05) is 12.1 Å². The molecule has 0 atom stereocenters. The van der Waals surface area contributed by atoms with Gasteiger partial charge in [0, 0.05) is 25.0 Å². The maximum absolute atomic E-state index is 12.6. The molecule has 7 nitrogen and oxygen atoms in total. The predicted octanol–water partition coefficient (Wildman–Crippen LogP) is 0.687. The molecule has 1 aliphatic carbocycles. The topological polar surface area (TPSA) is 113 Å². The monoisotopic (exact) mass is 344 g/mol. The van der Waals surface area contributed by atoms with Crippen molar-refractivity contribution in [2.75, 3.05) is 11.9 Å². The van der Waals surface area contributed by atoms with Gasteiger partial charge in [0.2, 0.25) is 11.8 Å². The van der Waals surface area contributed by atoms with E-state index in [0.717, 1.165) is 31.2 Å². The van der Waals surface area contributed by atoms with Gasteiger partial charge < -0.3 is 21.7 Å². The molecular weight excluding hydrogens is 320 g/mol. The Labute approximate surface area is 146 Å². The molecule has 0 saturated heterocycles. The zero-order valence-corrected chi connectivity index (χ0v) is 14.1. The molecule has 1 aromatic carbocycles. The molecule has 0 bridgehead atoms. The van der Waals surface area contributed by atoms with E-state index in [1.54, 1.807) is 12.1 Å². The van der Waals surface area contributed by atoms with E-state index < -0.39 is 0 Å². The number of hydrogen-bond donors (Lipinski definition) is 4. The number of carbonyl (C=O) groups is 3. The zero-order valence-electron chi connectivity index (χ0n) is 14.1. The molecule has 7 heteroatoms. The molecule has 5 N–H and O–H groups in total. The molecule has 0 unspecified atom stereocenters. The number of benzene rings is 1. The lowest BCUT2D eigenvalue weighted by Gasteiger charge is -2.29. The maximum atomic E-state index is 12.6. The van der Waals surface area contributed by atoms with Gasteiger partial charge in [-0.2, -0.15) is 0 Å². The molecule has 1 aliphatic heterocycles. The lowest BCUT2D eigenvalue weighted by Crippen LogP contribution is -2.44. The average molecular weight is 344 g/mol. The van der Waals surface area contributed by atoms with E-state index in [1.807, 2.05) is 6.07 Å². The van der Waals surface area contributed by atoms with Crippen LogP contribution in [0.25, 0.3) is 0 Å². The number of nitrogens with one attached hydrogen (secondary N) is 3. The van der Waals surface area contributed by atoms with Crippen LogP contribution in [0.2, 0.25) is 0 Å². The Morgan fingerprint density at radius 2 is 1.80 bits per heavy atom. The highest BCUT2D eigenvalue weighted by Gasteiger charge is 2.27. The molecule has 1 fully saturated rings. The van der Waals surface area contributed by atoms with Crippen molar-refractivity contribution in [3.05, 3.63) is 29.3 Å². The molecule has 1 aromatic rings. The summed E-state index contributed by atoms with van der Waals surface area (Å²) in [5.74, 6) is -0.246. The van der Waals surface area contributed by atoms with Crippen LogP contribution in [0, 0.1) is 0 Å². The molecule has 0 radical (unpaired) electrons. The van der Waals surface area contributed by atoms with Crippen LogP contribution >= 0.6 is 0 Å². The van der Waals surface area contributed by atoms with Crippen molar-refractivity contribution in [3.63, 3.8) is 0 Å². The minimum absolute atomic E-state index is 0.00873. The van der Waals surface area contributed by atoms with Crippen LogP contribution in [0.3, 0.4) is 0 Å². The lowest BCUT2D eigenvalue weighted by molar-refractivity contribution is -0.121. The first-order valence-electron chi connectivity index (χ1n) is 8.79. The standard InChI is InChI=1S/C18H24N4O3/c19-9-8-15(23)20-12-4-6-13(7-5-12)21-18(25)14-3-1-2-11-10-16(24)22-17(11)14/h1-3,12-13H,4-10,19H2,(H,20,23)(H,21,25)(H,22,24). The minimum Gasteiger partial charge on any atom is -0.353 e. The molecule has 0 spiro atoms. The lowest BCUT2D eigenvalue weighted by atomic mass is 9.90. The third kappa shape index (κ3) is 4.17. The number of nitrogens with two attached hydrogens (primary N) is 1. The Kier molecular flexibility index (Phi) is 5.33. The quantitative estimate of drug-likeness (QED) is 0.629. The number of hydrogen-bond acceptors (Lipinski definition) is 4. The van der Waals surface area contributed by atoms with Gasteiger partial charge in [0.25, 0.3) is 5.91 Å². The highest BCUT2D eigenvalue weighted by molar-refractivity contribution is 6.08. The van der Waals surface area contributed by atoms with Crippen molar-refractivity contribution in [1.29, 1.82) is 0 Å². The fraction of sp³-hybridized carbons (Fsp3) is 0.500. The number of fused-ring (bicyclic) bond motifs is 1. The molecule has 3 rings (SSSR count). The maximum Gasteiger partial charge on any atom is 0.253 e. The molecule has 1 heterocycles. The van der Waals surface area contributed by atoms with Crippen LogP contribution in [-0.2, 0) is 16.0 Å². The minimum atomic E-state index is -0.158. The zero-order chi connectivity index (χ0) is 17.8. The van der Waals surface area contributed by atoms with E-state index in [-0.39, 0.29) is 29.8 Å². The average Bonchev–Trinajstić information content (AvgIpc) is 2.96. The van der Waals surface area contributed by atoms with E-state index in [0.29, 0.717) is 30.6 Å². The highest BCUT2D eigenvalue weighted by Crippen LogP contribution is 2.27. The smallest absolute Gasteiger partial charge is 0.253 e. The van der Waals surface area contributed by atoms with E-state index in [2.05, 4.69) is 16.0 Å². The van der Waals surface area contributed by atoms with E-state index in [4.69, 9.17) is 5.73 Å². The first kappa shape index (κ1) is 17.4. The van der Waals surface area contributed by atoms with Crippen LogP contribution in [0.5, 0.6) is 0 Å². The van der Waals surface area contributed by atoms with Gasteiger partial charge in [0.1, 0.15) is 0 Å². The Hall–Kier alpha value is -2.41. The van der Waals surface area contributed by atoms with E-state index in [9.17, 15) is 14.4 Å². The van der Waals surface area contributed by atoms with Crippen molar-refractivity contribution in [3.8, 4) is 0 Å². The first-order chi connectivity index (χ1) is 12.1. The Bertz CT molecular complexity index is 681. The molecule has 2 aliphatic rings. The summed E-state index contributed by atoms with van der Waals surface area (Å²) in [6.45, 7) is 0.356. The molecule has 134 valence electrons. The third-order valence-corrected chi connectivity index (χ3v) is 4.81. The molecule has 25 heavy (non-hydrogen) atoms. The Morgan fingerprint density at radius 3 is 2.48 bits per heavy atom. The second kappa shape index (κ2) is 7.65. The molecule has 0 aromatic heterocycles. The van der Waals surface area contributed by atoms with Gasteiger partial charge in [0.15, 0.2) is 0 Å². The van der Waals surface area contributed by atoms with E-state index >= 15 is 0 Å². The Balaban J connectivity index is 1.53. The Morgan fingerprint density at radius 1 is 1.12 bits per heavy atom. The van der Waals surface area contributed by atoms with Crippen molar-refractivity contribution >= 4 is 23.4 Å².